The minimum atomic E-state index is -0.936. The summed E-state index contributed by atoms with van der Waals surface area (Å²) in [5, 5.41) is 0. The third-order valence-electron chi connectivity index (χ3n) is 3.43. The first kappa shape index (κ1) is 26.3. The summed E-state index contributed by atoms with van der Waals surface area (Å²) in [6.45, 7) is 0.512. The molecule has 0 heterocycles. The lowest BCUT2D eigenvalue weighted by atomic mass is 10.1. The van der Waals surface area contributed by atoms with E-state index in [9.17, 15) is 24.0 Å². The van der Waals surface area contributed by atoms with Gasteiger partial charge in [-0.15, -0.1) is 0 Å². The second-order valence-electron chi connectivity index (χ2n) is 5.53. The van der Waals surface area contributed by atoms with Crippen LogP contribution in [0.25, 0.3) is 0 Å². The second-order valence-corrected chi connectivity index (χ2v) is 5.53. The zero-order valence-electron chi connectivity index (χ0n) is 16.3. The van der Waals surface area contributed by atoms with Crippen LogP contribution in [0.4, 0.5) is 4.79 Å². The van der Waals surface area contributed by atoms with Gasteiger partial charge in [0.1, 0.15) is 12.2 Å². The van der Waals surface area contributed by atoms with Gasteiger partial charge in [0.2, 0.25) is 24.3 Å². The summed E-state index contributed by atoms with van der Waals surface area (Å²) in [5.41, 5.74) is 0. The van der Waals surface area contributed by atoms with Crippen molar-refractivity contribution in [1.29, 1.82) is 0 Å². The van der Waals surface area contributed by atoms with E-state index >= 15 is 0 Å². The standard InChI is InChI=1S/C19H22N4O7/c24-13-20-9-3-1-5-17(7-11-22-15-26)29-19(28)30-18(8-12-23-16-27)6-2-4-10-21-14-25/h1-4,17-18H,5-12H2/b3-1+,4-2+. The molecule has 2 atom stereocenters. The van der Waals surface area contributed by atoms with E-state index in [2.05, 4.69) is 20.0 Å². The molecule has 11 nitrogen and oxygen atoms in total. The molecule has 30 heavy (non-hydrogen) atoms. The Morgan fingerprint density at radius 2 is 1.07 bits per heavy atom. The van der Waals surface area contributed by atoms with Gasteiger partial charge in [0, 0.05) is 25.7 Å². The molecule has 0 fully saturated rings. The highest BCUT2D eigenvalue weighted by Crippen LogP contribution is 2.12. The van der Waals surface area contributed by atoms with Crippen LogP contribution in [0, 0.1) is 0 Å². The van der Waals surface area contributed by atoms with Gasteiger partial charge in [-0.3, -0.25) is 0 Å². The highest BCUT2D eigenvalue weighted by atomic mass is 16.7. The number of hydrogen-bond acceptors (Lipinski definition) is 11. The summed E-state index contributed by atoms with van der Waals surface area (Å²) in [4.78, 5) is 66.2. The van der Waals surface area contributed by atoms with Crippen LogP contribution in [0.5, 0.6) is 0 Å². The molecule has 2 unspecified atom stereocenters. The monoisotopic (exact) mass is 418 g/mol. The summed E-state index contributed by atoms with van der Waals surface area (Å²) in [6, 6.07) is 0. The van der Waals surface area contributed by atoms with Gasteiger partial charge in [-0.2, -0.15) is 0 Å². The largest absolute Gasteiger partial charge is 0.508 e. The van der Waals surface area contributed by atoms with E-state index in [0.29, 0.717) is 12.8 Å². The van der Waals surface area contributed by atoms with Gasteiger partial charge in [-0.05, 0) is 0 Å². The van der Waals surface area contributed by atoms with Crippen molar-refractivity contribution in [1.82, 2.24) is 0 Å². The first-order valence-electron chi connectivity index (χ1n) is 8.99. The number of nitrogens with zero attached hydrogens (tertiary/aromatic N) is 4. The number of carbonyl (C=O) groups excluding carboxylic acids is 5. The van der Waals surface area contributed by atoms with Crippen molar-refractivity contribution in [2.45, 2.75) is 37.9 Å². The number of aliphatic imine (C=N–C) groups is 4. The highest BCUT2D eigenvalue weighted by molar-refractivity contribution is 5.60. The summed E-state index contributed by atoms with van der Waals surface area (Å²) in [5.74, 6) is 0. The fraction of sp³-hybridized carbons (Fsp3) is 0.526. The molecule has 0 rings (SSSR count). The van der Waals surface area contributed by atoms with Gasteiger partial charge in [-0.1, -0.05) is 24.3 Å². The van der Waals surface area contributed by atoms with Crippen LogP contribution in [0.3, 0.4) is 0 Å². The van der Waals surface area contributed by atoms with Gasteiger partial charge in [0.25, 0.3) is 0 Å². The van der Waals surface area contributed by atoms with Crippen molar-refractivity contribution >= 4 is 30.5 Å². The molecule has 0 amide bonds. The van der Waals surface area contributed by atoms with Crippen LogP contribution in [-0.4, -0.2) is 68.9 Å². The predicted octanol–water partition coefficient (Wildman–Crippen LogP) is 1.89. The Morgan fingerprint density at radius 1 is 0.667 bits per heavy atom. The molecule has 0 spiro atoms. The molecular weight excluding hydrogens is 396 g/mol. The zero-order chi connectivity index (χ0) is 22.3. The summed E-state index contributed by atoms with van der Waals surface area (Å²) in [7, 11) is 0. The van der Waals surface area contributed by atoms with Crippen molar-refractivity contribution < 1.29 is 33.4 Å². The van der Waals surface area contributed by atoms with Gasteiger partial charge in [0.05, 0.1) is 26.2 Å². The van der Waals surface area contributed by atoms with E-state index in [-0.39, 0.29) is 39.0 Å². The van der Waals surface area contributed by atoms with Crippen molar-refractivity contribution in [2.75, 3.05) is 26.2 Å². The van der Waals surface area contributed by atoms with Crippen molar-refractivity contribution in [3.8, 4) is 0 Å². The van der Waals surface area contributed by atoms with Crippen molar-refractivity contribution in [3.63, 3.8) is 0 Å². The third-order valence-corrected chi connectivity index (χ3v) is 3.43. The first-order chi connectivity index (χ1) is 14.7. The molecule has 0 aromatic carbocycles. The van der Waals surface area contributed by atoms with E-state index < -0.39 is 18.4 Å². The van der Waals surface area contributed by atoms with E-state index in [1.54, 1.807) is 24.3 Å². The van der Waals surface area contributed by atoms with Gasteiger partial charge in [-0.25, -0.2) is 43.9 Å². The Bertz CT molecular complexity index is 693. The summed E-state index contributed by atoms with van der Waals surface area (Å²) in [6.07, 6.45) is 11.0. The number of isocyanates is 4. The maximum atomic E-state index is 12.2. The average molecular weight is 418 g/mol. The summed E-state index contributed by atoms with van der Waals surface area (Å²) < 4.78 is 10.5. The first-order valence-corrected chi connectivity index (χ1v) is 8.99. The maximum Gasteiger partial charge on any atom is 0.508 e. The molecule has 0 aromatic rings. The smallest absolute Gasteiger partial charge is 0.431 e. The number of hydrogen-bond donors (Lipinski definition) is 0. The highest BCUT2D eigenvalue weighted by Gasteiger charge is 2.18. The molecule has 0 aromatic heterocycles. The molecule has 0 saturated carbocycles. The molecule has 11 heteroatoms. The molecule has 0 N–H and O–H groups in total. The zero-order valence-corrected chi connectivity index (χ0v) is 16.3. The molecule has 0 saturated heterocycles. The van der Waals surface area contributed by atoms with E-state index in [0.717, 1.165) is 0 Å². The summed E-state index contributed by atoms with van der Waals surface area (Å²) >= 11 is 0. The molecular formula is C19H22N4O7. The maximum absolute atomic E-state index is 12.2. The molecule has 0 aliphatic heterocycles. The van der Waals surface area contributed by atoms with Crippen molar-refractivity contribution in [2.24, 2.45) is 20.0 Å². The van der Waals surface area contributed by atoms with Gasteiger partial charge < -0.3 is 9.47 Å². The normalized spacial score (nSPS) is 12.0. The molecule has 0 radical (unpaired) electrons. The van der Waals surface area contributed by atoms with E-state index in [1.165, 1.54) is 24.3 Å². The van der Waals surface area contributed by atoms with Gasteiger partial charge >= 0.3 is 6.16 Å². The van der Waals surface area contributed by atoms with Crippen LogP contribution in [0.2, 0.25) is 0 Å². The number of rotatable bonds is 16. The predicted molar refractivity (Wildman–Crippen MR) is 104 cm³/mol. The lowest BCUT2D eigenvalue weighted by Gasteiger charge is -2.19. The minimum absolute atomic E-state index is 0.110. The topological polar surface area (TPSA) is 153 Å². The van der Waals surface area contributed by atoms with E-state index in [4.69, 9.17) is 9.47 Å². The van der Waals surface area contributed by atoms with E-state index in [1.807, 2.05) is 0 Å². The fourth-order valence-corrected chi connectivity index (χ4v) is 2.08. The lowest BCUT2D eigenvalue weighted by Crippen LogP contribution is -2.24. The second kappa shape index (κ2) is 20.0. The van der Waals surface area contributed by atoms with Crippen LogP contribution in [-0.2, 0) is 28.7 Å². The van der Waals surface area contributed by atoms with Crippen LogP contribution >= 0.6 is 0 Å². The Morgan fingerprint density at radius 3 is 1.43 bits per heavy atom. The SMILES string of the molecule is O=C=NC/C=C/CC(CCN=C=O)OC(=O)OC(C/C=C/CN=C=O)CCN=C=O. The minimum Gasteiger partial charge on any atom is -0.431 e. The Kier molecular flexibility index (Phi) is 17.5. The van der Waals surface area contributed by atoms with Crippen molar-refractivity contribution in [3.05, 3.63) is 24.3 Å². The van der Waals surface area contributed by atoms with Crippen LogP contribution < -0.4 is 0 Å². The Labute approximate surface area is 173 Å². The molecule has 0 bridgehead atoms. The lowest BCUT2D eigenvalue weighted by molar-refractivity contribution is -0.00291. The Balaban J connectivity index is 4.85. The number of carbonyl (C=O) groups is 1. The fourth-order valence-electron chi connectivity index (χ4n) is 2.08. The van der Waals surface area contributed by atoms with Crippen LogP contribution in [0.1, 0.15) is 25.7 Å². The number of ether oxygens (including phenoxy) is 2. The molecule has 0 aliphatic carbocycles. The van der Waals surface area contributed by atoms with Gasteiger partial charge in [0.15, 0.2) is 0 Å². The molecule has 160 valence electrons. The molecule has 0 aliphatic rings. The third kappa shape index (κ3) is 16.4. The Hall–Kier alpha value is -3.73. The quantitative estimate of drug-likeness (QED) is 0.160. The van der Waals surface area contributed by atoms with Crippen LogP contribution in [0.15, 0.2) is 44.3 Å². The average Bonchev–Trinajstić information content (AvgIpc) is 2.73.